The molecule has 12 heteroatoms. The van der Waals surface area contributed by atoms with Crippen molar-refractivity contribution in [3.63, 3.8) is 0 Å². The van der Waals surface area contributed by atoms with E-state index in [1.165, 1.54) is 56.7 Å². The molecule has 0 radical (unpaired) electrons. The molecule has 0 atom stereocenters. The van der Waals surface area contributed by atoms with Gasteiger partial charge in [-0.1, -0.05) is 29.8 Å². The molecule has 0 unspecified atom stereocenters. The summed E-state index contributed by atoms with van der Waals surface area (Å²) >= 11 is 6.39. The Morgan fingerprint density at radius 1 is 1.00 bits per heavy atom. The highest BCUT2D eigenvalue weighted by Gasteiger charge is 2.37. The zero-order valence-corrected chi connectivity index (χ0v) is 22.0. The third kappa shape index (κ3) is 6.11. The molecular weight excluding hydrogens is 542 g/mol. The summed E-state index contributed by atoms with van der Waals surface area (Å²) in [6.45, 7) is -0.363. The molecule has 1 aliphatic rings. The van der Waals surface area contributed by atoms with Crippen LogP contribution in [0.3, 0.4) is 0 Å². The number of carbonyl (C=O) groups excluding carboxylic acids is 5. The molecule has 2 N–H and O–H groups in total. The minimum Gasteiger partial charge on any atom is -0.493 e. The first kappa shape index (κ1) is 27.9. The number of ether oxygens (including phenoxy) is 3. The number of barbiturate groups is 1. The monoisotopic (exact) mass is 563 g/mol. The fourth-order valence-corrected chi connectivity index (χ4v) is 4.02. The van der Waals surface area contributed by atoms with Crippen LogP contribution in [0.25, 0.3) is 6.08 Å². The van der Waals surface area contributed by atoms with Crippen molar-refractivity contribution in [2.24, 2.45) is 0 Å². The smallest absolute Gasteiger partial charge is 0.337 e. The van der Waals surface area contributed by atoms with Crippen molar-refractivity contribution in [3.8, 4) is 11.5 Å². The SMILES string of the molecule is COC(=O)c1ccc(N2C(=O)NC(=O)/C(=C\c3cc(Cl)c(OCC(=O)Nc4ccccc4)c(OC)c3)C2=O)cc1. The molecule has 0 spiro atoms. The van der Waals surface area contributed by atoms with Crippen LogP contribution in [0.1, 0.15) is 15.9 Å². The number of carbonyl (C=O) groups is 5. The summed E-state index contributed by atoms with van der Waals surface area (Å²) in [5.74, 6) is -2.60. The van der Waals surface area contributed by atoms with Gasteiger partial charge in [-0.25, -0.2) is 14.5 Å². The fourth-order valence-electron chi connectivity index (χ4n) is 3.74. The average Bonchev–Trinajstić information content (AvgIpc) is 2.94. The second-order valence-electron chi connectivity index (χ2n) is 8.23. The molecule has 1 saturated heterocycles. The molecule has 4 rings (SSSR count). The van der Waals surface area contributed by atoms with Crippen molar-refractivity contribution in [1.29, 1.82) is 0 Å². The average molecular weight is 564 g/mol. The summed E-state index contributed by atoms with van der Waals surface area (Å²) in [6, 6.07) is 16.2. The molecule has 0 bridgehead atoms. The minimum absolute atomic E-state index is 0.0497. The Morgan fingerprint density at radius 3 is 2.35 bits per heavy atom. The predicted molar refractivity (Wildman–Crippen MR) is 145 cm³/mol. The molecule has 3 aromatic rings. The Bertz CT molecular complexity index is 1520. The van der Waals surface area contributed by atoms with Crippen molar-refractivity contribution >= 4 is 58.8 Å². The van der Waals surface area contributed by atoms with Gasteiger partial charge in [-0.15, -0.1) is 0 Å². The van der Waals surface area contributed by atoms with E-state index in [0.717, 1.165) is 4.90 Å². The number of anilines is 2. The summed E-state index contributed by atoms with van der Waals surface area (Å²) < 4.78 is 15.6. The van der Waals surface area contributed by atoms with E-state index in [4.69, 9.17) is 21.1 Å². The maximum Gasteiger partial charge on any atom is 0.337 e. The number of hydrogen-bond acceptors (Lipinski definition) is 8. The number of urea groups is 1. The number of methoxy groups -OCH3 is 2. The van der Waals surface area contributed by atoms with Crippen molar-refractivity contribution in [1.82, 2.24) is 5.32 Å². The summed E-state index contributed by atoms with van der Waals surface area (Å²) in [7, 11) is 2.58. The van der Waals surface area contributed by atoms with Crippen molar-refractivity contribution in [2.75, 3.05) is 31.0 Å². The van der Waals surface area contributed by atoms with Crippen LogP contribution in [0.15, 0.2) is 72.3 Å². The molecule has 3 aromatic carbocycles. The van der Waals surface area contributed by atoms with Gasteiger partial charge in [0.1, 0.15) is 5.57 Å². The second kappa shape index (κ2) is 12.1. The fraction of sp³-hybridized carbons (Fsp3) is 0.107. The second-order valence-corrected chi connectivity index (χ2v) is 8.64. The number of nitrogens with one attached hydrogen (secondary N) is 2. The third-order valence-corrected chi connectivity index (χ3v) is 5.90. The lowest BCUT2D eigenvalue weighted by Crippen LogP contribution is -2.54. The van der Waals surface area contributed by atoms with E-state index in [1.807, 2.05) is 6.07 Å². The van der Waals surface area contributed by atoms with Gasteiger partial charge in [0, 0.05) is 5.69 Å². The number of nitrogens with zero attached hydrogens (tertiary/aromatic N) is 1. The quantitative estimate of drug-likeness (QED) is 0.239. The van der Waals surface area contributed by atoms with Crippen LogP contribution >= 0.6 is 11.6 Å². The number of esters is 1. The molecule has 5 amide bonds. The summed E-state index contributed by atoms with van der Waals surface area (Å²) in [4.78, 5) is 63.0. The van der Waals surface area contributed by atoms with E-state index in [1.54, 1.807) is 24.3 Å². The van der Waals surface area contributed by atoms with Gasteiger partial charge < -0.3 is 19.5 Å². The Balaban J connectivity index is 1.56. The van der Waals surface area contributed by atoms with Gasteiger partial charge in [0.05, 0.1) is 30.5 Å². The topological polar surface area (TPSA) is 140 Å². The Kier molecular flexibility index (Phi) is 8.45. The van der Waals surface area contributed by atoms with Gasteiger partial charge in [0.2, 0.25) is 0 Å². The molecule has 40 heavy (non-hydrogen) atoms. The minimum atomic E-state index is -0.953. The van der Waals surface area contributed by atoms with Crippen LogP contribution in [0.5, 0.6) is 11.5 Å². The first-order valence-electron chi connectivity index (χ1n) is 11.7. The van der Waals surface area contributed by atoms with Crippen LogP contribution in [-0.2, 0) is 19.1 Å². The third-order valence-electron chi connectivity index (χ3n) is 5.62. The largest absolute Gasteiger partial charge is 0.493 e. The number of halogens is 1. The summed E-state index contributed by atoms with van der Waals surface area (Å²) in [5.41, 5.74) is 0.868. The van der Waals surface area contributed by atoms with E-state index >= 15 is 0 Å². The highest BCUT2D eigenvalue weighted by molar-refractivity contribution is 6.39. The zero-order valence-electron chi connectivity index (χ0n) is 21.2. The van der Waals surface area contributed by atoms with Gasteiger partial charge in [0.25, 0.3) is 17.7 Å². The lowest BCUT2D eigenvalue weighted by Gasteiger charge is -2.26. The van der Waals surface area contributed by atoms with E-state index in [-0.39, 0.29) is 45.5 Å². The first-order chi connectivity index (χ1) is 19.2. The molecule has 0 aliphatic carbocycles. The number of para-hydroxylation sites is 1. The van der Waals surface area contributed by atoms with E-state index in [0.29, 0.717) is 5.69 Å². The van der Waals surface area contributed by atoms with Crippen LogP contribution in [-0.4, -0.2) is 50.5 Å². The summed E-state index contributed by atoms with van der Waals surface area (Å²) in [6.07, 6.45) is 1.24. The maximum absolute atomic E-state index is 13.2. The van der Waals surface area contributed by atoms with E-state index in [9.17, 15) is 24.0 Å². The normalized spacial score (nSPS) is 14.0. The molecular formula is C28H22ClN3O8. The first-order valence-corrected chi connectivity index (χ1v) is 12.0. The highest BCUT2D eigenvalue weighted by Crippen LogP contribution is 2.37. The standard InChI is InChI=1S/C28H22ClN3O8/c1-38-22-14-16(13-21(29)24(22)40-15-23(33)30-18-6-4-3-5-7-18)12-20-25(34)31-28(37)32(26(20)35)19-10-8-17(9-11-19)27(36)39-2/h3-14H,15H2,1-2H3,(H,30,33)(H,31,34,37)/b20-12+. The van der Waals surface area contributed by atoms with Crippen molar-refractivity contribution in [3.05, 3.63) is 88.5 Å². The highest BCUT2D eigenvalue weighted by atomic mass is 35.5. The molecule has 1 aliphatic heterocycles. The number of imide groups is 2. The number of benzene rings is 3. The number of amides is 5. The lowest BCUT2D eigenvalue weighted by atomic mass is 10.1. The van der Waals surface area contributed by atoms with Crippen LogP contribution in [0, 0.1) is 0 Å². The van der Waals surface area contributed by atoms with Crippen LogP contribution in [0.4, 0.5) is 16.2 Å². The zero-order chi connectivity index (χ0) is 28.8. The Labute approximate surface area is 233 Å². The lowest BCUT2D eigenvalue weighted by molar-refractivity contribution is -0.122. The Hall–Kier alpha value is -5.16. The number of rotatable bonds is 8. The Morgan fingerprint density at radius 2 is 1.70 bits per heavy atom. The molecule has 204 valence electrons. The molecule has 0 aromatic heterocycles. The van der Waals surface area contributed by atoms with Gasteiger partial charge in [-0.3, -0.25) is 19.7 Å². The van der Waals surface area contributed by atoms with Crippen molar-refractivity contribution in [2.45, 2.75) is 0 Å². The van der Waals surface area contributed by atoms with E-state index < -0.39 is 29.7 Å². The van der Waals surface area contributed by atoms with Gasteiger partial charge in [0.15, 0.2) is 18.1 Å². The molecule has 0 saturated carbocycles. The van der Waals surface area contributed by atoms with E-state index in [2.05, 4.69) is 15.4 Å². The molecule has 11 nitrogen and oxygen atoms in total. The molecule has 1 fully saturated rings. The molecule has 1 heterocycles. The van der Waals surface area contributed by atoms with Crippen LogP contribution in [0.2, 0.25) is 5.02 Å². The van der Waals surface area contributed by atoms with Gasteiger partial charge in [-0.05, 0) is 60.2 Å². The van der Waals surface area contributed by atoms with Gasteiger partial charge in [-0.2, -0.15) is 0 Å². The summed E-state index contributed by atoms with van der Waals surface area (Å²) in [5, 5.41) is 4.85. The van der Waals surface area contributed by atoms with Gasteiger partial charge >= 0.3 is 12.0 Å². The number of hydrogen-bond donors (Lipinski definition) is 2. The van der Waals surface area contributed by atoms with Crippen LogP contribution < -0.4 is 25.0 Å². The van der Waals surface area contributed by atoms with Crippen molar-refractivity contribution < 1.29 is 38.2 Å². The predicted octanol–water partition coefficient (Wildman–Crippen LogP) is 3.82. The maximum atomic E-state index is 13.2.